The van der Waals surface area contributed by atoms with Gasteiger partial charge in [0.05, 0.1) is 23.6 Å². The molecule has 2 aliphatic rings. The highest BCUT2D eigenvalue weighted by Gasteiger charge is 2.36. The van der Waals surface area contributed by atoms with Crippen molar-refractivity contribution in [2.45, 2.75) is 44.1 Å². The van der Waals surface area contributed by atoms with Crippen LogP contribution in [0.3, 0.4) is 0 Å². The number of hydrogen-bond donors (Lipinski definition) is 1. The molecule has 0 aromatic carbocycles. The maximum absolute atomic E-state index is 13.8. The Morgan fingerprint density at radius 1 is 1.15 bits per heavy atom. The number of pyridine rings is 1. The molecule has 15 heteroatoms. The van der Waals surface area contributed by atoms with Gasteiger partial charge in [0.25, 0.3) is 12.3 Å². The van der Waals surface area contributed by atoms with Crippen molar-refractivity contribution in [3.63, 3.8) is 0 Å². The van der Waals surface area contributed by atoms with Crippen molar-refractivity contribution in [1.29, 1.82) is 0 Å². The van der Waals surface area contributed by atoms with Crippen molar-refractivity contribution in [3.8, 4) is 11.3 Å². The van der Waals surface area contributed by atoms with E-state index >= 15 is 0 Å². The molecule has 2 fully saturated rings. The van der Waals surface area contributed by atoms with Gasteiger partial charge >= 0.3 is 6.18 Å². The zero-order valence-electron chi connectivity index (χ0n) is 21.0. The second-order valence-corrected chi connectivity index (χ2v) is 10.4. The quantitative estimate of drug-likeness (QED) is 0.316. The van der Waals surface area contributed by atoms with Crippen LogP contribution >= 0.6 is 11.9 Å². The first-order chi connectivity index (χ1) is 18.6. The highest BCUT2D eigenvalue weighted by Crippen LogP contribution is 2.33. The number of piperidine rings is 1. The molecule has 5 rings (SSSR count). The monoisotopic (exact) mass is 570 g/mol. The van der Waals surface area contributed by atoms with Crippen molar-refractivity contribution in [1.82, 2.24) is 33.8 Å². The molecule has 2 saturated heterocycles. The lowest BCUT2D eigenvalue weighted by atomic mass is 9.98. The molecule has 0 spiro atoms. The molecule has 2 aliphatic heterocycles. The molecule has 0 saturated carbocycles. The molecule has 0 unspecified atom stereocenters. The Hall–Kier alpha value is -3.04. The van der Waals surface area contributed by atoms with Crippen LogP contribution in [0.5, 0.6) is 0 Å². The molecular formula is C24H27F5N8OS. The molecule has 3 aromatic rings. The summed E-state index contributed by atoms with van der Waals surface area (Å²) >= 11 is 1.74. The Balaban J connectivity index is 1.24. The van der Waals surface area contributed by atoms with Crippen LogP contribution in [0.25, 0.3) is 11.3 Å². The number of carbonyl (C=O) groups excluding carboxylic acids is 1. The predicted octanol–water partition coefficient (Wildman–Crippen LogP) is 4.49. The number of nitrogens with one attached hydrogen (secondary N) is 1. The van der Waals surface area contributed by atoms with Gasteiger partial charge in [0, 0.05) is 50.2 Å². The SMILES string of the molecule is CSN1CCC(N2CC(n3cc(NC(=O)c4cccc(-c5cnn(CC(F)(F)F)c5)n4)c(C(F)F)n3)C2)CC1. The van der Waals surface area contributed by atoms with Gasteiger partial charge in [0.15, 0.2) is 5.69 Å². The second-order valence-electron chi connectivity index (χ2n) is 9.56. The highest BCUT2D eigenvalue weighted by atomic mass is 32.2. The van der Waals surface area contributed by atoms with E-state index < -0.39 is 30.7 Å². The Labute approximate surface area is 225 Å². The van der Waals surface area contributed by atoms with E-state index in [2.05, 4.69) is 36.0 Å². The van der Waals surface area contributed by atoms with Gasteiger partial charge in [-0.3, -0.25) is 23.4 Å². The van der Waals surface area contributed by atoms with E-state index in [0.717, 1.165) is 30.6 Å². The third-order valence-corrected chi connectivity index (χ3v) is 7.81. The van der Waals surface area contributed by atoms with Crippen LogP contribution in [0.4, 0.5) is 27.6 Å². The fourth-order valence-electron chi connectivity index (χ4n) is 4.87. The number of rotatable bonds is 8. The van der Waals surface area contributed by atoms with Gasteiger partial charge in [0.2, 0.25) is 0 Å². The lowest BCUT2D eigenvalue weighted by molar-refractivity contribution is -0.142. The number of amides is 1. The van der Waals surface area contributed by atoms with Crippen LogP contribution in [-0.2, 0) is 6.54 Å². The van der Waals surface area contributed by atoms with E-state index in [1.165, 1.54) is 41.5 Å². The molecular weight excluding hydrogens is 543 g/mol. The van der Waals surface area contributed by atoms with Crippen molar-refractivity contribution < 1.29 is 26.7 Å². The van der Waals surface area contributed by atoms with Crippen LogP contribution in [0.1, 0.15) is 41.5 Å². The molecule has 0 bridgehead atoms. The van der Waals surface area contributed by atoms with Crippen LogP contribution in [0.15, 0.2) is 36.8 Å². The Bertz CT molecular complexity index is 1300. The smallest absolute Gasteiger partial charge is 0.318 e. The summed E-state index contributed by atoms with van der Waals surface area (Å²) in [4.78, 5) is 19.4. The number of aromatic nitrogens is 5. The van der Waals surface area contributed by atoms with E-state index in [9.17, 15) is 26.7 Å². The number of alkyl halides is 5. The van der Waals surface area contributed by atoms with Crippen LogP contribution in [-0.4, -0.2) is 84.3 Å². The predicted molar refractivity (Wildman–Crippen MR) is 135 cm³/mol. The van der Waals surface area contributed by atoms with Crippen molar-refractivity contribution in [3.05, 3.63) is 48.2 Å². The zero-order valence-corrected chi connectivity index (χ0v) is 21.8. The third-order valence-electron chi connectivity index (χ3n) is 6.93. The summed E-state index contributed by atoms with van der Waals surface area (Å²) in [6.07, 6.45) is 0.660. The normalized spacial score (nSPS) is 18.0. The summed E-state index contributed by atoms with van der Waals surface area (Å²) in [6.45, 7) is 2.18. The summed E-state index contributed by atoms with van der Waals surface area (Å²) in [5.41, 5.74) is -0.218. The maximum Gasteiger partial charge on any atom is 0.408 e. The molecule has 0 atom stereocenters. The van der Waals surface area contributed by atoms with Gasteiger partial charge in [0.1, 0.15) is 12.2 Å². The summed E-state index contributed by atoms with van der Waals surface area (Å²) in [6, 6.07) is 4.80. The standard InChI is InChI=1S/C24H27F5N8OS/c1-39-36-7-5-16(6-8-36)34-11-17(12-34)37-13-20(21(33-37)22(25)26)32-23(38)19-4-2-3-18(31-19)15-9-30-35(10-15)14-24(27,28)29/h2-4,9-10,13,16-17,22H,5-8,11-12,14H2,1H3,(H,32,38). The molecule has 0 radical (unpaired) electrons. The minimum absolute atomic E-state index is 0.0681. The third kappa shape index (κ3) is 6.41. The van der Waals surface area contributed by atoms with E-state index in [1.807, 2.05) is 0 Å². The van der Waals surface area contributed by atoms with Gasteiger partial charge in [-0.1, -0.05) is 18.0 Å². The molecule has 1 amide bonds. The number of anilines is 1. The molecule has 5 heterocycles. The Morgan fingerprint density at radius 3 is 2.56 bits per heavy atom. The van der Waals surface area contributed by atoms with Gasteiger partial charge < -0.3 is 5.32 Å². The topological polar surface area (TPSA) is 84.1 Å². The first-order valence-corrected chi connectivity index (χ1v) is 13.6. The van der Waals surface area contributed by atoms with Crippen molar-refractivity contribution >= 4 is 23.5 Å². The Kier molecular flexibility index (Phi) is 7.91. The van der Waals surface area contributed by atoms with E-state index in [-0.39, 0.29) is 28.7 Å². The lowest BCUT2D eigenvalue weighted by Crippen LogP contribution is -2.55. The molecule has 3 aromatic heterocycles. The summed E-state index contributed by atoms with van der Waals surface area (Å²) in [5.74, 6) is -0.739. The number of halogens is 5. The summed E-state index contributed by atoms with van der Waals surface area (Å²) in [5, 5.41) is 10.2. The lowest BCUT2D eigenvalue weighted by Gasteiger charge is -2.46. The first-order valence-electron chi connectivity index (χ1n) is 12.4. The van der Waals surface area contributed by atoms with E-state index in [0.29, 0.717) is 19.1 Å². The molecule has 39 heavy (non-hydrogen) atoms. The average molecular weight is 571 g/mol. The van der Waals surface area contributed by atoms with E-state index in [1.54, 1.807) is 11.9 Å². The van der Waals surface area contributed by atoms with Crippen LogP contribution in [0, 0.1) is 0 Å². The number of likely N-dealkylation sites (tertiary alicyclic amines) is 1. The van der Waals surface area contributed by atoms with Gasteiger partial charge in [-0.2, -0.15) is 23.4 Å². The number of hydrogen-bond acceptors (Lipinski definition) is 7. The maximum atomic E-state index is 13.8. The minimum atomic E-state index is -4.44. The molecule has 9 nitrogen and oxygen atoms in total. The average Bonchev–Trinajstić information content (AvgIpc) is 3.50. The number of nitrogens with zero attached hydrogens (tertiary/aromatic N) is 7. The fourth-order valence-corrected chi connectivity index (χ4v) is 5.44. The molecule has 210 valence electrons. The van der Waals surface area contributed by atoms with Gasteiger partial charge in [-0.05, 0) is 31.2 Å². The molecule has 0 aliphatic carbocycles. The van der Waals surface area contributed by atoms with Crippen molar-refractivity contribution in [2.75, 3.05) is 37.8 Å². The van der Waals surface area contributed by atoms with Crippen LogP contribution in [0.2, 0.25) is 0 Å². The summed E-state index contributed by atoms with van der Waals surface area (Å²) in [7, 11) is 0. The Morgan fingerprint density at radius 2 is 1.90 bits per heavy atom. The van der Waals surface area contributed by atoms with Crippen molar-refractivity contribution in [2.24, 2.45) is 0 Å². The van der Waals surface area contributed by atoms with E-state index in [4.69, 9.17) is 0 Å². The fraction of sp³-hybridized carbons (Fsp3) is 0.500. The first kappa shape index (κ1) is 27.5. The molecule has 1 N–H and O–H groups in total. The van der Waals surface area contributed by atoms with Gasteiger partial charge in [-0.25, -0.2) is 13.8 Å². The zero-order chi connectivity index (χ0) is 27.7. The van der Waals surface area contributed by atoms with Gasteiger partial charge in [-0.15, -0.1) is 0 Å². The summed E-state index contributed by atoms with van der Waals surface area (Å²) < 4.78 is 70.0. The second kappa shape index (κ2) is 11.2. The number of carbonyl (C=O) groups is 1. The largest absolute Gasteiger partial charge is 0.408 e. The highest BCUT2D eigenvalue weighted by molar-refractivity contribution is 7.96. The van der Waals surface area contributed by atoms with Crippen LogP contribution < -0.4 is 5.32 Å². The minimum Gasteiger partial charge on any atom is -0.318 e.